The normalized spacial score (nSPS) is 18.9. The first-order chi connectivity index (χ1) is 8.61. The van der Waals surface area contributed by atoms with E-state index < -0.39 is 0 Å². The predicted molar refractivity (Wildman–Crippen MR) is 69.3 cm³/mol. The first-order valence-corrected chi connectivity index (χ1v) is 6.42. The van der Waals surface area contributed by atoms with Crippen LogP contribution in [-0.4, -0.2) is 70.0 Å². The number of rotatable bonds is 7. The first-order valence-electron chi connectivity index (χ1n) is 6.42. The molecule has 1 amide bonds. The van der Waals surface area contributed by atoms with Crippen molar-refractivity contribution < 1.29 is 14.3 Å². The smallest absolute Gasteiger partial charge is 0.234 e. The molecule has 1 aliphatic rings. The second-order valence-corrected chi connectivity index (χ2v) is 4.87. The molecule has 106 valence electrons. The van der Waals surface area contributed by atoms with Gasteiger partial charge in [-0.05, 0) is 19.9 Å². The third-order valence-electron chi connectivity index (χ3n) is 2.93. The summed E-state index contributed by atoms with van der Waals surface area (Å²) in [4.78, 5) is 13.7. The van der Waals surface area contributed by atoms with Crippen molar-refractivity contribution in [2.75, 3.05) is 47.1 Å². The molecule has 6 nitrogen and oxygen atoms in total. The van der Waals surface area contributed by atoms with Gasteiger partial charge >= 0.3 is 0 Å². The van der Waals surface area contributed by atoms with Crippen LogP contribution < -0.4 is 11.1 Å². The minimum absolute atomic E-state index is 0.0500. The van der Waals surface area contributed by atoms with Crippen molar-refractivity contribution in [1.82, 2.24) is 10.2 Å². The van der Waals surface area contributed by atoms with Crippen LogP contribution in [0.3, 0.4) is 0 Å². The molecule has 0 radical (unpaired) electrons. The molecular formula is C12H25N3O3. The Morgan fingerprint density at radius 3 is 2.83 bits per heavy atom. The van der Waals surface area contributed by atoms with Gasteiger partial charge in [0.25, 0.3) is 0 Å². The molecule has 6 heteroatoms. The molecule has 1 saturated heterocycles. The monoisotopic (exact) mass is 259 g/mol. The van der Waals surface area contributed by atoms with Crippen LogP contribution in [0.15, 0.2) is 0 Å². The Kier molecular flexibility index (Phi) is 7.19. The van der Waals surface area contributed by atoms with Gasteiger partial charge in [-0.1, -0.05) is 0 Å². The molecule has 3 N–H and O–H groups in total. The number of hydrogen-bond donors (Lipinski definition) is 2. The number of carbonyl (C=O) groups excluding carboxylic acids is 1. The van der Waals surface area contributed by atoms with Crippen molar-refractivity contribution in [3.05, 3.63) is 0 Å². The Balaban J connectivity index is 2.17. The second kappa shape index (κ2) is 8.42. The highest BCUT2D eigenvalue weighted by atomic mass is 16.5. The van der Waals surface area contributed by atoms with E-state index in [2.05, 4.69) is 5.32 Å². The number of likely N-dealkylation sites (N-methyl/N-ethyl adjacent to an activating group) is 1. The van der Waals surface area contributed by atoms with E-state index in [-0.39, 0.29) is 18.0 Å². The molecule has 0 aromatic rings. The number of ether oxygens (including phenoxy) is 2. The fraction of sp³-hybridized carbons (Fsp3) is 0.917. The number of nitrogens with two attached hydrogens (primary N) is 1. The van der Waals surface area contributed by atoms with Crippen LogP contribution in [0.1, 0.15) is 12.8 Å². The summed E-state index contributed by atoms with van der Waals surface area (Å²) in [6, 6.07) is 0.197. The Bertz CT molecular complexity index is 245. The first kappa shape index (κ1) is 15.4. The maximum Gasteiger partial charge on any atom is 0.234 e. The molecular weight excluding hydrogens is 234 g/mol. The number of nitrogens with zero attached hydrogens (tertiary/aromatic N) is 1. The van der Waals surface area contributed by atoms with Crippen molar-refractivity contribution in [1.29, 1.82) is 0 Å². The van der Waals surface area contributed by atoms with Crippen molar-refractivity contribution in [3.8, 4) is 0 Å². The topological polar surface area (TPSA) is 76.8 Å². The second-order valence-electron chi connectivity index (χ2n) is 4.87. The molecule has 1 rings (SSSR count). The fourth-order valence-electron chi connectivity index (χ4n) is 2.09. The van der Waals surface area contributed by atoms with Gasteiger partial charge in [0, 0.05) is 39.0 Å². The molecule has 1 atom stereocenters. The molecule has 18 heavy (non-hydrogen) atoms. The van der Waals surface area contributed by atoms with Gasteiger partial charge < -0.3 is 20.5 Å². The summed E-state index contributed by atoms with van der Waals surface area (Å²) in [5, 5.41) is 3.02. The van der Waals surface area contributed by atoms with Crippen LogP contribution in [0, 0.1) is 0 Å². The summed E-state index contributed by atoms with van der Waals surface area (Å²) in [5.74, 6) is 0.0500. The van der Waals surface area contributed by atoms with Gasteiger partial charge in [0.05, 0.1) is 13.2 Å². The van der Waals surface area contributed by atoms with Gasteiger partial charge in [0.2, 0.25) is 5.91 Å². The van der Waals surface area contributed by atoms with Gasteiger partial charge in [-0.15, -0.1) is 0 Å². The van der Waals surface area contributed by atoms with Crippen LogP contribution in [0.2, 0.25) is 0 Å². The zero-order chi connectivity index (χ0) is 13.4. The lowest BCUT2D eigenvalue weighted by atomic mass is 10.1. The summed E-state index contributed by atoms with van der Waals surface area (Å²) < 4.78 is 10.2. The molecule has 1 heterocycles. The van der Waals surface area contributed by atoms with Gasteiger partial charge in [-0.25, -0.2) is 0 Å². The molecule has 0 bridgehead atoms. The maximum atomic E-state index is 11.8. The zero-order valence-corrected chi connectivity index (χ0v) is 11.4. The molecule has 1 unspecified atom stereocenters. The molecule has 0 spiro atoms. The van der Waals surface area contributed by atoms with Crippen LogP contribution >= 0.6 is 0 Å². The van der Waals surface area contributed by atoms with E-state index in [1.807, 2.05) is 11.9 Å². The van der Waals surface area contributed by atoms with E-state index in [1.54, 1.807) is 7.11 Å². The standard InChI is InChI=1S/C12H25N3O3/c1-15(7-10(13)9-17-2)8-12(16)14-11-3-5-18-6-4-11/h10-11H,3-9,13H2,1-2H3,(H,14,16). The number of hydrogen-bond acceptors (Lipinski definition) is 5. The van der Waals surface area contributed by atoms with E-state index >= 15 is 0 Å². The van der Waals surface area contributed by atoms with Crippen molar-refractivity contribution in [2.45, 2.75) is 24.9 Å². The summed E-state index contributed by atoms with van der Waals surface area (Å²) >= 11 is 0. The predicted octanol–water partition coefficient (Wildman–Crippen LogP) is -0.813. The summed E-state index contributed by atoms with van der Waals surface area (Å²) in [6.07, 6.45) is 1.80. The Labute approximate surface area is 109 Å². The van der Waals surface area contributed by atoms with Crippen LogP contribution in [0.4, 0.5) is 0 Å². The van der Waals surface area contributed by atoms with Gasteiger partial charge in [-0.3, -0.25) is 9.69 Å². The number of amides is 1. The average Bonchev–Trinajstić information content (AvgIpc) is 2.29. The minimum atomic E-state index is -0.0594. The lowest BCUT2D eigenvalue weighted by Gasteiger charge is -2.25. The highest BCUT2D eigenvalue weighted by molar-refractivity contribution is 5.78. The number of nitrogens with one attached hydrogen (secondary N) is 1. The quantitative estimate of drug-likeness (QED) is 0.625. The summed E-state index contributed by atoms with van der Waals surface area (Å²) in [5.41, 5.74) is 5.83. The van der Waals surface area contributed by atoms with E-state index in [0.29, 0.717) is 19.7 Å². The molecule has 1 aliphatic heterocycles. The summed E-state index contributed by atoms with van der Waals surface area (Å²) in [6.45, 7) is 2.99. The highest BCUT2D eigenvalue weighted by Gasteiger charge is 2.17. The van der Waals surface area contributed by atoms with Gasteiger partial charge in [0.15, 0.2) is 0 Å². The Hall–Kier alpha value is -0.690. The largest absolute Gasteiger partial charge is 0.383 e. The molecule has 1 fully saturated rings. The van der Waals surface area contributed by atoms with Crippen molar-refractivity contribution in [2.24, 2.45) is 5.73 Å². The molecule has 0 aliphatic carbocycles. The Morgan fingerprint density at radius 1 is 1.56 bits per heavy atom. The summed E-state index contributed by atoms with van der Waals surface area (Å²) in [7, 11) is 3.51. The molecule has 0 aromatic carbocycles. The molecule has 0 aromatic heterocycles. The SMILES string of the molecule is COCC(N)CN(C)CC(=O)NC1CCOCC1. The van der Waals surface area contributed by atoms with Crippen molar-refractivity contribution in [3.63, 3.8) is 0 Å². The third-order valence-corrected chi connectivity index (χ3v) is 2.93. The molecule has 0 saturated carbocycles. The van der Waals surface area contributed by atoms with Gasteiger partial charge in [0.1, 0.15) is 0 Å². The van der Waals surface area contributed by atoms with E-state index in [9.17, 15) is 4.79 Å². The lowest BCUT2D eigenvalue weighted by molar-refractivity contribution is -0.123. The zero-order valence-electron chi connectivity index (χ0n) is 11.4. The van der Waals surface area contributed by atoms with E-state index in [1.165, 1.54) is 0 Å². The van der Waals surface area contributed by atoms with E-state index in [4.69, 9.17) is 15.2 Å². The van der Waals surface area contributed by atoms with Crippen LogP contribution in [0.25, 0.3) is 0 Å². The van der Waals surface area contributed by atoms with Crippen LogP contribution in [0.5, 0.6) is 0 Å². The minimum Gasteiger partial charge on any atom is -0.383 e. The van der Waals surface area contributed by atoms with Gasteiger partial charge in [-0.2, -0.15) is 0 Å². The van der Waals surface area contributed by atoms with E-state index in [0.717, 1.165) is 26.1 Å². The van der Waals surface area contributed by atoms with Crippen LogP contribution in [-0.2, 0) is 14.3 Å². The highest BCUT2D eigenvalue weighted by Crippen LogP contribution is 2.05. The van der Waals surface area contributed by atoms with Crippen molar-refractivity contribution >= 4 is 5.91 Å². The maximum absolute atomic E-state index is 11.8. The third kappa shape index (κ3) is 6.30. The lowest BCUT2D eigenvalue weighted by Crippen LogP contribution is -2.46. The number of carbonyl (C=O) groups is 1. The number of methoxy groups -OCH3 is 1. The fourth-order valence-corrected chi connectivity index (χ4v) is 2.09. The Morgan fingerprint density at radius 2 is 2.22 bits per heavy atom. The average molecular weight is 259 g/mol.